The molecule has 30 heavy (non-hydrogen) atoms. The Kier molecular flexibility index (Phi) is 5.15. The van der Waals surface area contributed by atoms with E-state index in [9.17, 15) is 13.2 Å². The van der Waals surface area contributed by atoms with Gasteiger partial charge in [-0.05, 0) is 57.2 Å². The van der Waals surface area contributed by atoms with Gasteiger partial charge in [-0.2, -0.15) is 13.2 Å². The number of alkyl halides is 3. The summed E-state index contributed by atoms with van der Waals surface area (Å²) < 4.78 is 47.8. The van der Waals surface area contributed by atoms with Crippen LogP contribution in [-0.4, -0.2) is 10.6 Å². The van der Waals surface area contributed by atoms with Crippen molar-refractivity contribution in [3.8, 4) is 22.6 Å². The summed E-state index contributed by atoms with van der Waals surface area (Å²) in [6.07, 6.45) is -4.55. The van der Waals surface area contributed by atoms with Gasteiger partial charge in [-0.3, -0.25) is 3.96 Å². The van der Waals surface area contributed by atoms with Crippen LogP contribution in [0, 0.1) is 4.64 Å². The van der Waals surface area contributed by atoms with Crippen molar-refractivity contribution in [2.24, 2.45) is 0 Å². The van der Waals surface area contributed by atoms with Crippen molar-refractivity contribution in [2.75, 3.05) is 11.9 Å². The molecule has 2 aromatic carbocycles. The third-order valence-corrected chi connectivity index (χ3v) is 7.19. The molecule has 158 valence electrons. The average Bonchev–Trinajstić information content (AvgIpc) is 3.01. The fourth-order valence-corrected chi connectivity index (χ4v) is 5.43. The van der Waals surface area contributed by atoms with E-state index < -0.39 is 17.3 Å². The van der Waals surface area contributed by atoms with E-state index >= 15 is 0 Å². The molecule has 0 bridgehead atoms. The smallest absolute Gasteiger partial charge is 0.417 e. The standard InChI is InChI=1S/C21H18ClF3N2OS2/c1-4-28-12-6-8-16-13(10-12)17-18(20(2,3)26-16)30-27(19(17)29)11-5-7-15(22)14(9-11)21(23,24)25/h5-10,26H,4H2,1-3H3. The zero-order valence-corrected chi connectivity index (χ0v) is 18.7. The van der Waals surface area contributed by atoms with Crippen LogP contribution < -0.4 is 10.1 Å². The normalized spacial score (nSPS) is 14.6. The second-order valence-corrected chi connectivity index (χ2v) is 9.20. The van der Waals surface area contributed by atoms with Crippen LogP contribution >= 0.6 is 35.4 Å². The van der Waals surface area contributed by atoms with Gasteiger partial charge in [-0.15, -0.1) is 0 Å². The van der Waals surface area contributed by atoms with Crippen LogP contribution in [0.2, 0.25) is 5.02 Å². The molecular weight excluding hydrogens is 453 g/mol. The highest BCUT2D eigenvalue weighted by Gasteiger charge is 2.36. The third-order valence-electron chi connectivity index (χ3n) is 4.88. The van der Waals surface area contributed by atoms with Crippen molar-refractivity contribution < 1.29 is 17.9 Å². The zero-order valence-electron chi connectivity index (χ0n) is 16.4. The number of ether oxygens (including phenoxy) is 1. The van der Waals surface area contributed by atoms with Gasteiger partial charge in [-0.1, -0.05) is 35.4 Å². The Bertz CT molecular complexity index is 1200. The van der Waals surface area contributed by atoms with Crippen LogP contribution in [0.15, 0.2) is 36.4 Å². The molecule has 1 N–H and O–H groups in total. The van der Waals surface area contributed by atoms with E-state index in [-0.39, 0.29) is 5.02 Å². The minimum Gasteiger partial charge on any atom is -0.494 e. The lowest BCUT2D eigenvalue weighted by Crippen LogP contribution is -2.30. The molecule has 0 aliphatic carbocycles. The zero-order chi connectivity index (χ0) is 21.8. The van der Waals surface area contributed by atoms with Gasteiger partial charge < -0.3 is 10.1 Å². The first-order chi connectivity index (χ1) is 14.0. The van der Waals surface area contributed by atoms with Gasteiger partial charge >= 0.3 is 6.18 Å². The number of fused-ring (bicyclic) bond motifs is 3. The van der Waals surface area contributed by atoms with E-state index in [0.29, 0.717) is 22.7 Å². The molecule has 3 aromatic rings. The van der Waals surface area contributed by atoms with Gasteiger partial charge in [0.15, 0.2) is 0 Å². The van der Waals surface area contributed by atoms with Gasteiger partial charge in [0, 0.05) is 16.8 Å². The molecular formula is C21H18ClF3N2OS2. The average molecular weight is 471 g/mol. The lowest BCUT2D eigenvalue weighted by molar-refractivity contribution is -0.137. The summed E-state index contributed by atoms with van der Waals surface area (Å²) in [5.74, 6) is 0.710. The van der Waals surface area contributed by atoms with Gasteiger partial charge in [-0.25, -0.2) is 0 Å². The van der Waals surface area contributed by atoms with E-state index in [0.717, 1.165) is 27.8 Å². The molecule has 1 aliphatic rings. The van der Waals surface area contributed by atoms with Crippen LogP contribution in [0.5, 0.6) is 5.75 Å². The van der Waals surface area contributed by atoms with Crippen LogP contribution in [-0.2, 0) is 11.7 Å². The van der Waals surface area contributed by atoms with Crippen molar-refractivity contribution in [2.45, 2.75) is 32.5 Å². The summed E-state index contributed by atoms with van der Waals surface area (Å²) >= 11 is 12.9. The number of aromatic nitrogens is 1. The van der Waals surface area contributed by atoms with E-state index in [2.05, 4.69) is 5.32 Å². The fourth-order valence-electron chi connectivity index (χ4n) is 3.56. The number of hydrogen-bond acceptors (Lipinski definition) is 4. The molecule has 0 fully saturated rings. The maximum atomic E-state index is 13.4. The monoisotopic (exact) mass is 470 g/mol. The maximum Gasteiger partial charge on any atom is 0.417 e. The predicted molar refractivity (Wildman–Crippen MR) is 118 cm³/mol. The van der Waals surface area contributed by atoms with E-state index in [1.54, 1.807) is 10.0 Å². The van der Waals surface area contributed by atoms with Gasteiger partial charge in [0.1, 0.15) is 10.4 Å². The van der Waals surface area contributed by atoms with Gasteiger partial charge in [0.05, 0.1) is 33.3 Å². The minimum atomic E-state index is -4.55. The molecule has 0 saturated carbocycles. The topological polar surface area (TPSA) is 26.2 Å². The Morgan fingerprint density at radius 3 is 2.60 bits per heavy atom. The first-order valence-electron chi connectivity index (χ1n) is 9.22. The van der Waals surface area contributed by atoms with Crippen LogP contribution in [0.1, 0.15) is 31.2 Å². The molecule has 0 saturated heterocycles. The molecule has 2 heterocycles. The number of halogens is 4. The maximum absolute atomic E-state index is 13.4. The summed E-state index contributed by atoms with van der Waals surface area (Å²) in [7, 11) is 0. The summed E-state index contributed by atoms with van der Waals surface area (Å²) in [5, 5.41) is 3.15. The summed E-state index contributed by atoms with van der Waals surface area (Å²) in [6.45, 7) is 6.47. The van der Waals surface area contributed by atoms with Crippen molar-refractivity contribution >= 4 is 41.0 Å². The van der Waals surface area contributed by atoms with E-state index in [1.165, 1.54) is 17.6 Å². The van der Waals surface area contributed by atoms with E-state index in [4.69, 9.17) is 28.6 Å². The molecule has 9 heteroatoms. The molecule has 4 rings (SSSR count). The van der Waals surface area contributed by atoms with Crippen LogP contribution in [0.3, 0.4) is 0 Å². The molecule has 3 nitrogen and oxygen atoms in total. The molecule has 0 unspecified atom stereocenters. The number of rotatable bonds is 3. The highest BCUT2D eigenvalue weighted by molar-refractivity contribution is 7.71. The van der Waals surface area contributed by atoms with Gasteiger partial charge in [0.2, 0.25) is 0 Å². The number of nitrogens with zero attached hydrogens (tertiary/aromatic N) is 1. The highest BCUT2D eigenvalue weighted by Crippen LogP contribution is 2.48. The lowest BCUT2D eigenvalue weighted by atomic mass is 9.90. The molecule has 0 radical (unpaired) electrons. The minimum absolute atomic E-state index is 0.328. The van der Waals surface area contributed by atoms with Crippen LogP contribution in [0.25, 0.3) is 16.8 Å². The first-order valence-corrected chi connectivity index (χ1v) is 10.8. The Morgan fingerprint density at radius 1 is 1.20 bits per heavy atom. The first kappa shape index (κ1) is 21.2. The third kappa shape index (κ3) is 3.50. The van der Waals surface area contributed by atoms with Crippen LogP contribution in [0.4, 0.5) is 18.9 Å². The molecule has 1 aliphatic heterocycles. The predicted octanol–water partition coefficient (Wildman–Crippen LogP) is 7.67. The summed E-state index contributed by atoms with van der Waals surface area (Å²) in [6, 6.07) is 9.58. The SMILES string of the molecule is CCOc1ccc2c(c1)-c1c(sn(-c3ccc(Cl)c(C(F)(F)F)c3)c1=S)C(C)(C)N2. The molecule has 1 aromatic heterocycles. The number of nitrogens with one attached hydrogen (secondary N) is 1. The number of anilines is 1. The van der Waals surface area contributed by atoms with Crippen molar-refractivity contribution in [3.05, 3.63) is 56.5 Å². The van der Waals surface area contributed by atoms with E-state index in [1.807, 2.05) is 39.0 Å². The molecule has 0 amide bonds. The number of hydrogen-bond donors (Lipinski definition) is 1. The molecule has 0 spiro atoms. The highest BCUT2D eigenvalue weighted by atomic mass is 35.5. The second kappa shape index (κ2) is 7.28. The lowest BCUT2D eigenvalue weighted by Gasteiger charge is -2.33. The Hall–Kier alpha value is -2.03. The van der Waals surface area contributed by atoms with Crippen molar-refractivity contribution in [1.29, 1.82) is 0 Å². The molecule has 0 atom stereocenters. The second-order valence-electron chi connectivity index (χ2n) is 7.45. The quantitative estimate of drug-likeness (QED) is 0.398. The van der Waals surface area contributed by atoms with Gasteiger partial charge in [0.25, 0.3) is 0 Å². The Balaban J connectivity index is 1.95. The Morgan fingerprint density at radius 2 is 1.93 bits per heavy atom. The van der Waals surface area contributed by atoms with Crippen molar-refractivity contribution in [3.63, 3.8) is 0 Å². The summed E-state index contributed by atoms with van der Waals surface area (Å²) in [4.78, 5) is 0.942. The fraction of sp³-hybridized carbons (Fsp3) is 0.286. The summed E-state index contributed by atoms with van der Waals surface area (Å²) in [5.41, 5.74) is 1.61. The largest absolute Gasteiger partial charge is 0.494 e. The Labute approximate surface area is 186 Å². The number of benzene rings is 2. The van der Waals surface area contributed by atoms with Crippen molar-refractivity contribution in [1.82, 2.24) is 3.96 Å².